The average molecular weight is 434 g/mol. The molecule has 2 aromatic rings. The van der Waals surface area contributed by atoms with Gasteiger partial charge in [0.15, 0.2) is 5.71 Å². The van der Waals surface area contributed by atoms with Gasteiger partial charge in [0.2, 0.25) is 5.69 Å². The Labute approximate surface area is 158 Å². The summed E-state index contributed by atoms with van der Waals surface area (Å²) in [6.07, 6.45) is 3.99. The monoisotopic (exact) mass is 434 g/mol. The van der Waals surface area contributed by atoms with E-state index in [2.05, 4.69) is 49.7 Å². The van der Waals surface area contributed by atoms with Crippen molar-refractivity contribution in [3.63, 3.8) is 0 Å². The van der Waals surface area contributed by atoms with E-state index in [0.29, 0.717) is 0 Å². The molecule has 0 spiro atoms. The number of rotatable bonds is 3. The highest BCUT2D eigenvalue weighted by atomic mass is 127. The van der Waals surface area contributed by atoms with Crippen molar-refractivity contribution in [2.75, 3.05) is 7.05 Å². The van der Waals surface area contributed by atoms with Gasteiger partial charge >= 0.3 is 0 Å². The van der Waals surface area contributed by atoms with Gasteiger partial charge in [-0.05, 0) is 25.5 Å². The molecule has 1 aliphatic rings. The largest absolute Gasteiger partial charge is 1.00 e. The fourth-order valence-electron chi connectivity index (χ4n) is 3.22. The number of halogens is 1. The molecule has 1 heterocycles. The maximum absolute atomic E-state index is 10.9. The van der Waals surface area contributed by atoms with E-state index in [9.17, 15) is 10.1 Å². The maximum atomic E-state index is 10.9. The number of hydrogen-bond donors (Lipinski definition) is 0. The summed E-state index contributed by atoms with van der Waals surface area (Å²) in [5.41, 5.74) is 4.51. The first-order chi connectivity index (χ1) is 10.9. The van der Waals surface area contributed by atoms with Crippen molar-refractivity contribution < 1.29 is 33.5 Å². The van der Waals surface area contributed by atoms with Gasteiger partial charge in [0.25, 0.3) is 5.69 Å². The minimum absolute atomic E-state index is 0. The van der Waals surface area contributed by atoms with E-state index in [1.807, 2.05) is 18.2 Å². The third kappa shape index (κ3) is 3.13. The average Bonchev–Trinajstić information content (AvgIpc) is 2.73. The Morgan fingerprint density at radius 1 is 1.08 bits per heavy atom. The molecule has 0 atom stereocenters. The van der Waals surface area contributed by atoms with Crippen molar-refractivity contribution in [1.29, 1.82) is 0 Å². The lowest BCUT2D eigenvalue weighted by Gasteiger charge is -2.15. The molecule has 3 rings (SSSR count). The summed E-state index contributed by atoms with van der Waals surface area (Å²) in [7, 11) is 2.06. The first-order valence-electron chi connectivity index (χ1n) is 7.54. The van der Waals surface area contributed by atoms with Crippen LogP contribution in [0.3, 0.4) is 0 Å². The van der Waals surface area contributed by atoms with Crippen molar-refractivity contribution in [3.05, 3.63) is 75.8 Å². The lowest BCUT2D eigenvalue weighted by atomic mass is 9.81. The lowest BCUT2D eigenvalue weighted by Crippen LogP contribution is -3.00. The molecule has 0 amide bonds. The minimum Gasteiger partial charge on any atom is -1.00 e. The second kappa shape index (κ2) is 6.84. The van der Waals surface area contributed by atoms with E-state index >= 15 is 0 Å². The fraction of sp³-hybridized carbons (Fsp3) is 0.211. The Morgan fingerprint density at radius 3 is 2.46 bits per heavy atom. The summed E-state index contributed by atoms with van der Waals surface area (Å²) in [5.74, 6) is 0. The van der Waals surface area contributed by atoms with E-state index < -0.39 is 0 Å². The van der Waals surface area contributed by atoms with Gasteiger partial charge in [0.05, 0.1) is 10.3 Å². The molecule has 0 N–H and O–H groups in total. The molecule has 0 saturated heterocycles. The molecule has 0 saturated carbocycles. The van der Waals surface area contributed by atoms with Gasteiger partial charge in [-0.15, -0.1) is 0 Å². The first kappa shape index (κ1) is 18.3. The van der Waals surface area contributed by atoms with E-state index in [0.717, 1.165) is 5.56 Å². The van der Waals surface area contributed by atoms with E-state index in [4.69, 9.17) is 0 Å². The van der Waals surface area contributed by atoms with Crippen LogP contribution in [0.25, 0.3) is 6.08 Å². The number of nitro groups is 1. The van der Waals surface area contributed by atoms with E-state index in [-0.39, 0.29) is 40.0 Å². The van der Waals surface area contributed by atoms with Crippen LogP contribution in [0, 0.1) is 10.1 Å². The van der Waals surface area contributed by atoms with Crippen molar-refractivity contribution in [2.45, 2.75) is 19.3 Å². The highest BCUT2D eigenvalue weighted by molar-refractivity contribution is 6.05. The van der Waals surface area contributed by atoms with Crippen molar-refractivity contribution in [3.8, 4) is 0 Å². The smallest absolute Gasteiger partial charge is 0.270 e. The molecule has 0 unspecified atom stereocenters. The molecule has 124 valence electrons. The molecule has 4 nitrogen and oxygen atoms in total. The molecule has 2 aromatic carbocycles. The Kier molecular flexibility index (Phi) is 5.22. The molecule has 0 fully saturated rings. The fourth-order valence-corrected chi connectivity index (χ4v) is 3.22. The number of nitro benzene ring substituents is 1. The second-order valence-electron chi connectivity index (χ2n) is 6.27. The van der Waals surface area contributed by atoms with Crippen LogP contribution in [0.5, 0.6) is 0 Å². The molecule has 0 aliphatic carbocycles. The number of para-hydroxylation sites is 1. The van der Waals surface area contributed by atoms with Crippen LogP contribution < -0.4 is 24.0 Å². The first-order valence-corrected chi connectivity index (χ1v) is 7.54. The van der Waals surface area contributed by atoms with Crippen LogP contribution in [0.4, 0.5) is 11.4 Å². The zero-order chi connectivity index (χ0) is 16.6. The summed E-state index contributed by atoms with van der Waals surface area (Å²) in [4.78, 5) is 10.5. The zero-order valence-corrected chi connectivity index (χ0v) is 16.0. The number of fused-ring (bicyclic) bond motifs is 1. The summed E-state index contributed by atoms with van der Waals surface area (Å²) in [5, 5.41) is 10.9. The highest BCUT2D eigenvalue weighted by Gasteiger charge is 2.42. The zero-order valence-electron chi connectivity index (χ0n) is 13.9. The Bertz CT molecular complexity index is 854. The standard InChI is InChI=1S/C19H19N2O2.HI/c1-19(2)16-9-4-5-10-17(16)20(3)18(19)12-11-14-7-6-8-15(13-14)21(22)23;/h4-13H,1-3H3;1H/q+1;/p-1/b12-11+;. The minimum atomic E-state index is -0.369. The molecule has 1 aliphatic heterocycles. The van der Waals surface area contributed by atoms with Crippen LogP contribution in [0.2, 0.25) is 0 Å². The lowest BCUT2D eigenvalue weighted by molar-refractivity contribution is -0.401. The molecule has 0 bridgehead atoms. The Balaban J connectivity index is 0.00000208. The van der Waals surface area contributed by atoms with Gasteiger partial charge < -0.3 is 24.0 Å². The summed E-state index contributed by atoms with van der Waals surface area (Å²) < 4.78 is 2.18. The summed E-state index contributed by atoms with van der Waals surface area (Å²) in [6, 6.07) is 15.0. The molecular formula is C19H19IN2O2. The number of benzene rings is 2. The van der Waals surface area contributed by atoms with Crippen LogP contribution >= 0.6 is 0 Å². The predicted molar refractivity (Wildman–Crippen MR) is 92.4 cm³/mol. The van der Waals surface area contributed by atoms with Gasteiger partial charge in [-0.1, -0.05) is 30.3 Å². The molecule has 24 heavy (non-hydrogen) atoms. The third-order valence-electron chi connectivity index (χ3n) is 4.46. The van der Waals surface area contributed by atoms with Gasteiger partial charge in [-0.25, -0.2) is 0 Å². The van der Waals surface area contributed by atoms with Gasteiger partial charge in [0, 0.05) is 29.8 Å². The highest BCUT2D eigenvalue weighted by Crippen LogP contribution is 2.39. The van der Waals surface area contributed by atoms with E-state index in [1.54, 1.807) is 12.1 Å². The normalized spacial score (nSPS) is 15.3. The number of hydrogen-bond acceptors (Lipinski definition) is 2. The maximum Gasteiger partial charge on any atom is 0.270 e. The van der Waals surface area contributed by atoms with Crippen LogP contribution in [-0.4, -0.2) is 22.3 Å². The van der Waals surface area contributed by atoms with Crippen molar-refractivity contribution >= 4 is 23.2 Å². The third-order valence-corrected chi connectivity index (χ3v) is 4.46. The number of non-ortho nitro benzene ring substituents is 1. The molecule has 0 radical (unpaired) electrons. The van der Waals surface area contributed by atoms with E-state index in [1.165, 1.54) is 23.0 Å². The molecule has 5 heteroatoms. The van der Waals surface area contributed by atoms with Crippen LogP contribution in [-0.2, 0) is 5.41 Å². The van der Waals surface area contributed by atoms with Crippen LogP contribution in [0.15, 0.2) is 54.6 Å². The van der Waals surface area contributed by atoms with Gasteiger partial charge in [0.1, 0.15) is 7.05 Å². The summed E-state index contributed by atoms with van der Waals surface area (Å²) in [6.45, 7) is 4.39. The number of nitrogens with zero attached hydrogens (tertiary/aromatic N) is 2. The Hall–Kier alpha value is -2.02. The molecule has 0 aromatic heterocycles. The Morgan fingerprint density at radius 2 is 1.79 bits per heavy atom. The van der Waals surface area contributed by atoms with Crippen LogP contribution in [0.1, 0.15) is 25.0 Å². The topological polar surface area (TPSA) is 46.1 Å². The predicted octanol–water partition coefficient (Wildman–Crippen LogP) is 1.32. The van der Waals surface area contributed by atoms with Crippen molar-refractivity contribution in [2.24, 2.45) is 0 Å². The molecular weight excluding hydrogens is 415 g/mol. The second-order valence-corrected chi connectivity index (χ2v) is 6.27. The SMILES string of the molecule is C[N+]1=C(/C=C/c2cccc([N+](=O)[O-])c2)C(C)(C)c2ccccc21.[I-]. The number of allylic oxidation sites excluding steroid dienone is 1. The van der Waals surface area contributed by atoms with Gasteiger partial charge in [-0.3, -0.25) is 10.1 Å². The van der Waals surface area contributed by atoms with Crippen molar-refractivity contribution in [1.82, 2.24) is 0 Å². The van der Waals surface area contributed by atoms with Gasteiger partial charge in [-0.2, -0.15) is 4.58 Å². The summed E-state index contributed by atoms with van der Waals surface area (Å²) >= 11 is 0. The quantitative estimate of drug-likeness (QED) is 0.317.